The molecule has 0 aromatic heterocycles. The van der Waals surface area contributed by atoms with E-state index in [9.17, 15) is 4.39 Å². The molecular formula is C14H13BrFNO. The van der Waals surface area contributed by atoms with Crippen molar-refractivity contribution < 1.29 is 9.13 Å². The molecule has 0 aliphatic carbocycles. The maximum atomic E-state index is 12.9. The van der Waals surface area contributed by atoms with Crippen molar-refractivity contribution in [1.29, 1.82) is 0 Å². The van der Waals surface area contributed by atoms with E-state index in [1.165, 1.54) is 12.1 Å². The van der Waals surface area contributed by atoms with Gasteiger partial charge in [-0.2, -0.15) is 0 Å². The number of aryl methyl sites for hydroxylation is 1. The fraction of sp³-hybridized carbons (Fsp3) is 0.143. The average molecular weight is 310 g/mol. The van der Waals surface area contributed by atoms with Crippen molar-refractivity contribution in [3.8, 4) is 5.75 Å². The first-order valence-electron chi connectivity index (χ1n) is 5.49. The van der Waals surface area contributed by atoms with Crippen molar-refractivity contribution in [3.05, 3.63) is 57.8 Å². The summed E-state index contributed by atoms with van der Waals surface area (Å²) in [6.07, 6.45) is 0. The normalized spacial score (nSPS) is 10.4. The van der Waals surface area contributed by atoms with Gasteiger partial charge in [-0.3, -0.25) is 0 Å². The summed E-state index contributed by atoms with van der Waals surface area (Å²) in [5.41, 5.74) is 7.94. The third kappa shape index (κ3) is 3.01. The standard InChI is InChI=1S/C14H13BrFNO/c1-9-6-11(15)3-5-14(9)18-8-10-2-4-12(16)7-13(10)17/h2-7H,8,17H2,1H3. The summed E-state index contributed by atoms with van der Waals surface area (Å²) >= 11 is 3.39. The summed E-state index contributed by atoms with van der Waals surface area (Å²) in [6, 6.07) is 10.1. The Morgan fingerprint density at radius 1 is 1.22 bits per heavy atom. The molecule has 2 nitrogen and oxygen atoms in total. The van der Waals surface area contributed by atoms with E-state index in [0.29, 0.717) is 12.3 Å². The molecule has 2 aromatic rings. The molecule has 94 valence electrons. The van der Waals surface area contributed by atoms with Crippen LogP contribution in [0.2, 0.25) is 0 Å². The van der Waals surface area contributed by atoms with Gasteiger partial charge < -0.3 is 10.5 Å². The molecule has 18 heavy (non-hydrogen) atoms. The van der Waals surface area contributed by atoms with Crippen LogP contribution in [0.25, 0.3) is 0 Å². The molecule has 2 rings (SSSR count). The highest BCUT2D eigenvalue weighted by Gasteiger charge is 2.04. The van der Waals surface area contributed by atoms with E-state index in [0.717, 1.165) is 21.3 Å². The average Bonchev–Trinajstić information content (AvgIpc) is 2.30. The van der Waals surface area contributed by atoms with Crippen LogP contribution in [0.15, 0.2) is 40.9 Å². The molecule has 0 radical (unpaired) electrons. The van der Waals surface area contributed by atoms with E-state index in [2.05, 4.69) is 15.9 Å². The van der Waals surface area contributed by atoms with Crippen LogP contribution in [-0.2, 0) is 6.61 Å². The Morgan fingerprint density at radius 3 is 2.67 bits per heavy atom. The maximum absolute atomic E-state index is 12.9. The number of hydrogen-bond donors (Lipinski definition) is 1. The molecule has 0 aliphatic rings. The zero-order chi connectivity index (χ0) is 13.1. The lowest BCUT2D eigenvalue weighted by Gasteiger charge is -2.11. The van der Waals surface area contributed by atoms with Gasteiger partial charge in [0.2, 0.25) is 0 Å². The smallest absolute Gasteiger partial charge is 0.125 e. The zero-order valence-corrected chi connectivity index (χ0v) is 11.5. The second-order valence-corrected chi connectivity index (χ2v) is 4.96. The molecule has 0 atom stereocenters. The molecule has 0 saturated carbocycles. The van der Waals surface area contributed by atoms with E-state index in [1.54, 1.807) is 6.07 Å². The highest BCUT2D eigenvalue weighted by Crippen LogP contribution is 2.24. The molecule has 2 N–H and O–H groups in total. The summed E-state index contributed by atoms with van der Waals surface area (Å²) in [6.45, 7) is 2.29. The monoisotopic (exact) mass is 309 g/mol. The Kier molecular flexibility index (Phi) is 3.87. The van der Waals surface area contributed by atoms with Crippen LogP contribution in [0.5, 0.6) is 5.75 Å². The van der Waals surface area contributed by atoms with Gasteiger partial charge in [-0.15, -0.1) is 0 Å². The van der Waals surface area contributed by atoms with Gasteiger partial charge >= 0.3 is 0 Å². The van der Waals surface area contributed by atoms with Crippen LogP contribution in [0.4, 0.5) is 10.1 Å². The van der Waals surface area contributed by atoms with Crippen LogP contribution in [0.3, 0.4) is 0 Å². The number of hydrogen-bond acceptors (Lipinski definition) is 2. The van der Waals surface area contributed by atoms with Gasteiger partial charge in [-0.1, -0.05) is 22.0 Å². The topological polar surface area (TPSA) is 35.2 Å². The Bertz CT molecular complexity index is 520. The lowest BCUT2D eigenvalue weighted by Crippen LogP contribution is -2.01. The second kappa shape index (κ2) is 5.40. The third-order valence-corrected chi connectivity index (χ3v) is 3.12. The van der Waals surface area contributed by atoms with Crippen LogP contribution in [0.1, 0.15) is 11.1 Å². The fourth-order valence-corrected chi connectivity index (χ4v) is 2.10. The fourth-order valence-electron chi connectivity index (χ4n) is 1.63. The molecule has 0 fully saturated rings. The lowest BCUT2D eigenvalue weighted by molar-refractivity contribution is 0.304. The van der Waals surface area contributed by atoms with Gasteiger partial charge in [0.25, 0.3) is 0 Å². The zero-order valence-electron chi connectivity index (χ0n) is 9.91. The minimum Gasteiger partial charge on any atom is -0.489 e. The Labute approximate surface area is 114 Å². The quantitative estimate of drug-likeness (QED) is 0.868. The molecule has 0 heterocycles. The summed E-state index contributed by atoms with van der Waals surface area (Å²) in [4.78, 5) is 0. The third-order valence-electron chi connectivity index (χ3n) is 2.63. The second-order valence-electron chi connectivity index (χ2n) is 4.04. The highest BCUT2D eigenvalue weighted by molar-refractivity contribution is 9.10. The van der Waals surface area contributed by atoms with E-state index in [4.69, 9.17) is 10.5 Å². The molecule has 0 aliphatic heterocycles. The first-order valence-corrected chi connectivity index (χ1v) is 6.28. The molecule has 0 saturated heterocycles. The molecule has 0 amide bonds. The number of ether oxygens (including phenoxy) is 1. The van der Waals surface area contributed by atoms with Crippen molar-refractivity contribution in [1.82, 2.24) is 0 Å². The number of halogens is 2. The van der Waals surface area contributed by atoms with Crippen LogP contribution < -0.4 is 10.5 Å². The van der Waals surface area contributed by atoms with Gasteiger partial charge in [0, 0.05) is 15.7 Å². The van der Waals surface area contributed by atoms with Gasteiger partial charge in [0.1, 0.15) is 18.2 Å². The Hall–Kier alpha value is -1.55. The van der Waals surface area contributed by atoms with E-state index < -0.39 is 0 Å². The van der Waals surface area contributed by atoms with Gasteiger partial charge in [0.15, 0.2) is 0 Å². The largest absolute Gasteiger partial charge is 0.489 e. The molecule has 0 spiro atoms. The van der Waals surface area contributed by atoms with Crippen molar-refractivity contribution in [2.24, 2.45) is 0 Å². The van der Waals surface area contributed by atoms with Gasteiger partial charge in [0.05, 0.1) is 0 Å². The summed E-state index contributed by atoms with van der Waals surface area (Å²) in [7, 11) is 0. The highest BCUT2D eigenvalue weighted by atomic mass is 79.9. The Morgan fingerprint density at radius 2 is 2.00 bits per heavy atom. The minimum atomic E-state index is -0.337. The van der Waals surface area contributed by atoms with Crippen molar-refractivity contribution in [3.63, 3.8) is 0 Å². The summed E-state index contributed by atoms with van der Waals surface area (Å²) in [5, 5.41) is 0. The van der Waals surface area contributed by atoms with Crippen LogP contribution in [-0.4, -0.2) is 0 Å². The molecule has 2 aromatic carbocycles. The first-order chi connectivity index (χ1) is 8.56. The molecule has 4 heteroatoms. The first kappa shape index (κ1) is 12.9. The lowest BCUT2D eigenvalue weighted by atomic mass is 10.2. The van der Waals surface area contributed by atoms with Gasteiger partial charge in [-0.05, 0) is 42.8 Å². The Balaban J connectivity index is 2.11. The van der Waals surface area contributed by atoms with Crippen molar-refractivity contribution in [2.75, 3.05) is 5.73 Å². The predicted molar refractivity (Wildman–Crippen MR) is 74.0 cm³/mol. The SMILES string of the molecule is Cc1cc(Br)ccc1OCc1ccc(F)cc1N. The predicted octanol–water partition coefficient (Wildman–Crippen LogP) is 4.06. The summed E-state index contributed by atoms with van der Waals surface area (Å²) < 4.78 is 19.6. The summed E-state index contributed by atoms with van der Waals surface area (Å²) in [5.74, 6) is 0.456. The van der Waals surface area contributed by atoms with Crippen molar-refractivity contribution >= 4 is 21.6 Å². The van der Waals surface area contributed by atoms with Crippen LogP contribution >= 0.6 is 15.9 Å². The number of nitrogens with two attached hydrogens (primary N) is 1. The van der Waals surface area contributed by atoms with E-state index in [1.807, 2.05) is 25.1 Å². The van der Waals surface area contributed by atoms with Crippen molar-refractivity contribution in [2.45, 2.75) is 13.5 Å². The number of anilines is 1. The number of rotatable bonds is 3. The maximum Gasteiger partial charge on any atom is 0.125 e. The van der Waals surface area contributed by atoms with Gasteiger partial charge in [-0.25, -0.2) is 4.39 Å². The molecule has 0 bridgehead atoms. The van der Waals surface area contributed by atoms with E-state index in [-0.39, 0.29) is 5.82 Å². The van der Waals surface area contributed by atoms with Crippen LogP contribution in [0, 0.1) is 12.7 Å². The van der Waals surface area contributed by atoms with E-state index >= 15 is 0 Å². The number of nitrogen functional groups attached to an aromatic ring is 1. The number of benzene rings is 2. The molecular weight excluding hydrogens is 297 g/mol. The molecule has 0 unspecified atom stereocenters. The minimum absolute atomic E-state index is 0.328.